The van der Waals surface area contributed by atoms with Crippen LogP contribution in [0.15, 0.2) is 18.5 Å². The van der Waals surface area contributed by atoms with E-state index in [0.717, 1.165) is 0 Å². The van der Waals surface area contributed by atoms with E-state index >= 15 is 0 Å². The van der Waals surface area contributed by atoms with Gasteiger partial charge in [-0.1, -0.05) is 11.8 Å². The zero-order valence-corrected chi connectivity index (χ0v) is 11.7. The quantitative estimate of drug-likeness (QED) is 0.756. The first-order chi connectivity index (χ1) is 9.04. The minimum Gasteiger partial charge on any atom is -0.384 e. The van der Waals surface area contributed by atoms with Gasteiger partial charge in [-0.15, -0.1) is 0 Å². The van der Waals surface area contributed by atoms with Crippen molar-refractivity contribution < 1.29 is 14.1 Å². The van der Waals surface area contributed by atoms with Gasteiger partial charge in [0.25, 0.3) is 5.91 Å². The lowest BCUT2D eigenvalue weighted by Gasteiger charge is -2.13. The Morgan fingerprint density at radius 3 is 3.00 bits per heavy atom. The van der Waals surface area contributed by atoms with E-state index in [9.17, 15) is 9.00 Å². The van der Waals surface area contributed by atoms with E-state index in [0.29, 0.717) is 16.9 Å². The van der Waals surface area contributed by atoms with Crippen LogP contribution in [0.1, 0.15) is 22.8 Å². The normalized spacial score (nSPS) is 13.0. The molecule has 1 amide bonds. The van der Waals surface area contributed by atoms with Crippen LogP contribution in [0.25, 0.3) is 0 Å². The molecule has 0 aliphatic carbocycles. The van der Waals surface area contributed by atoms with Gasteiger partial charge in [0.1, 0.15) is 6.61 Å². The highest BCUT2D eigenvalue weighted by Crippen LogP contribution is 2.05. The fourth-order valence-corrected chi connectivity index (χ4v) is 2.31. The molecule has 1 rings (SSSR count). The first-order valence-corrected chi connectivity index (χ1v) is 7.42. The standard InChI is InChI=1S/C13H16N2O3S/c1-10(9-19(2)18)15-13(17)12-5-6-14-8-11(12)4-3-7-16/h5-6,8,10,16H,7,9H2,1-2H3,(H,15,17). The van der Waals surface area contributed by atoms with Crippen LogP contribution in [0.3, 0.4) is 0 Å². The van der Waals surface area contributed by atoms with Gasteiger partial charge >= 0.3 is 0 Å². The third-order valence-corrected chi connectivity index (χ3v) is 3.20. The molecule has 102 valence electrons. The summed E-state index contributed by atoms with van der Waals surface area (Å²) in [5.41, 5.74) is 0.851. The monoisotopic (exact) mass is 280 g/mol. The maximum atomic E-state index is 12.1. The molecule has 19 heavy (non-hydrogen) atoms. The highest BCUT2D eigenvalue weighted by atomic mass is 32.2. The van der Waals surface area contributed by atoms with Crippen molar-refractivity contribution in [3.05, 3.63) is 29.6 Å². The lowest BCUT2D eigenvalue weighted by atomic mass is 10.1. The van der Waals surface area contributed by atoms with E-state index in [1.165, 1.54) is 12.4 Å². The average molecular weight is 280 g/mol. The number of nitrogens with zero attached hydrogens (tertiary/aromatic N) is 1. The first kappa shape index (κ1) is 15.3. The molecule has 0 bridgehead atoms. The Morgan fingerprint density at radius 1 is 1.63 bits per heavy atom. The first-order valence-electron chi connectivity index (χ1n) is 5.69. The van der Waals surface area contributed by atoms with Gasteiger partial charge in [-0.05, 0) is 13.0 Å². The fraction of sp³-hybridized carbons (Fsp3) is 0.385. The summed E-state index contributed by atoms with van der Waals surface area (Å²) in [5.74, 6) is 5.26. The van der Waals surface area contributed by atoms with Crippen LogP contribution in [0.2, 0.25) is 0 Å². The van der Waals surface area contributed by atoms with E-state index in [4.69, 9.17) is 5.11 Å². The van der Waals surface area contributed by atoms with Gasteiger partial charge in [0, 0.05) is 41.2 Å². The maximum absolute atomic E-state index is 12.1. The third kappa shape index (κ3) is 5.20. The molecule has 1 aromatic rings. The predicted molar refractivity (Wildman–Crippen MR) is 74.1 cm³/mol. The second-order valence-corrected chi connectivity index (χ2v) is 5.48. The Bertz CT molecular complexity index is 534. The minimum atomic E-state index is -0.967. The zero-order valence-electron chi connectivity index (χ0n) is 10.8. The number of rotatable bonds is 4. The van der Waals surface area contributed by atoms with E-state index in [1.54, 1.807) is 19.2 Å². The average Bonchev–Trinajstić information content (AvgIpc) is 2.35. The van der Waals surface area contributed by atoms with Crippen molar-refractivity contribution in [3.8, 4) is 11.8 Å². The maximum Gasteiger partial charge on any atom is 0.252 e. The molecule has 5 nitrogen and oxygen atoms in total. The molecule has 0 aliphatic heterocycles. The summed E-state index contributed by atoms with van der Waals surface area (Å²) in [5, 5.41) is 11.4. The van der Waals surface area contributed by atoms with Crippen molar-refractivity contribution in [2.24, 2.45) is 0 Å². The number of carbonyl (C=O) groups excluding carboxylic acids is 1. The Morgan fingerprint density at radius 2 is 2.37 bits per heavy atom. The molecule has 0 spiro atoms. The smallest absolute Gasteiger partial charge is 0.252 e. The van der Waals surface area contributed by atoms with Gasteiger partial charge in [-0.25, -0.2) is 0 Å². The lowest BCUT2D eigenvalue weighted by molar-refractivity contribution is 0.0943. The molecular formula is C13H16N2O3S. The van der Waals surface area contributed by atoms with Crippen LogP contribution < -0.4 is 5.32 Å². The van der Waals surface area contributed by atoms with E-state index in [-0.39, 0.29) is 18.6 Å². The summed E-state index contributed by atoms with van der Waals surface area (Å²) in [6.07, 6.45) is 4.56. The van der Waals surface area contributed by atoms with Gasteiger partial charge in [0.2, 0.25) is 0 Å². The molecular weight excluding hydrogens is 264 g/mol. The molecule has 1 aromatic heterocycles. The number of amides is 1. The van der Waals surface area contributed by atoms with Crippen molar-refractivity contribution in [1.82, 2.24) is 10.3 Å². The number of carbonyl (C=O) groups is 1. The number of aliphatic hydroxyl groups is 1. The van der Waals surface area contributed by atoms with Crippen LogP contribution in [0, 0.1) is 11.8 Å². The van der Waals surface area contributed by atoms with E-state index in [2.05, 4.69) is 22.1 Å². The number of pyridine rings is 1. The molecule has 0 aliphatic rings. The van der Waals surface area contributed by atoms with Crippen molar-refractivity contribution in [1.29, 1.82) is 0 Å². The largest absolute Gasteiger partial charge is 0.384 e. The topological polar surface area (TPSA) is 79.3 Å². The van der Waals surface area contributed by atoms with Gasteiger partial charge in [-0.3, -0.25) is 14.0 Å². The van der Waals surface area contributed by atoms with Crippen LogP contribution in [0.4, 0.5) is 0 Å². The predicted octanol–water partition coefficient (Wildman–Crippen LogP) is -0.0778. The zero-order chi connectivity index (χ0) is 14.3. The van der Waals surface area contributed by atoms with E-state index < -0.39 is 10.8 Å². The molecule has 2 unspecified atom stereocenters. The van der Waals surface area contributed by atoms with Crippen molar-refractivity contribution >= 4 is 16.7 Å². The Balaban J connectivity index is 2.85. The molecule has 0 saturated carbocycles. The third-order valence-electron chi connectivity index (χ3n) is 2.23. The number of hydrogen-bond acceptors (Lipinski definition) is 4. The summed E-state index contributed by atoms with van der Waals surface area (Å²) < 4.78 is 11.1. The van der Waals surface area contributed by atoms with Gasteiger partial charge in [0.05, 0.1) is 11.1 Å². The minimum absolute atomic E-state index is 0.190. The number of aliphatic hydroxyl groups excluding tert-OH is 1. The van der Waals surface area contributed by atoms with Crippen molar-refractivity contribution in [2.75, 3.05) is 18.6 Å². The van der Waals surface area contributed by atoms with Crippen LogP contribution in [-0.2, 0) is 10.8 Å². The highest BCUT2D eigenvalue weighted by molar-refractivity contribution is 7.84. The molecule has 0 saturated heterocycles. The second kappa shape index (κ2) is 7.67. The van der Waals surface area contributed by atoms with Gasteiger partial charge in [0.15, 0.2) is 0 Å². The number of nitrogens with one attached hydrogen (secondary N) is 1. The summed E-state index contributed by atoms with van der Waals surface area (Å²) in [4.78, 5) is 15.9. The van der Waals surface area contributed by atoms with Crippen LogP contribution >= 0.6 is 0 Å². The van der Waals surface area contributed by atoms with Gasteiger partial charge in [-0.2, -0.15) is 0 Å². The summed E-state index contributed by atoms with van der Waals surface area (Å²) in [6, 6.07) is 1.37. The van der Waals surface area contributed by atoms with Crippen molar-refractivity contribution in [2.45, 2.75) is 13.0 Å². The Hall–Kier alpha value is -1.71. The molecule has 0 fully saturated rings. The number of hydrogen-bond donors (Lipinski definition) is 2. The molecule has 0 aromatic carbocycles. The molecule has 0 radical (unpaired) electrons. The van der Waals surface area contributed by atoms with Crippen molar-refractivity contribution in [3.63, 3.8) is 0 Å². The van der Waals surface area contributed by atoms with Crippen LogP contribution in [-0.4, -0.2) is 44.9 Å². The molecule has 1 heterocycles. The molecule has 2 N–H and O–H groups in total. The molecule has 6 heteroatoms. The summed E-state index contributed by atoms with van der Waals surface area (Å²) in [7, 11) is -0.967. The summed E-state index contributed by atoms with van der Waals surface area (Å²) >= 11 is 0. The van der Waals surface area contributed by atoms with Gasteiger partial charge < -0.3 is 10.4 Å². The lowest BCUT2D eigenvalue weighted by Crippen LogP contribution is -2.36. The highest BCUT2D eigenvalue weighted by Gasteiger charge is 2.13. The molecule has 2 atom stereocenters. The Labute approximate surface area is 114 Å². The SMILES string of the molecule is CC(CS(C)=O)NC(=O)c1ccncc1C#CCO. The fourth-order valence-electron chi connectivity index (χ4n) is 1.52. The van der Waals surface area contributed by atoms with Crippen LogP contribution in [0.5, 0.6) is 0 Å². The Kier molecular flexibility index (Phi) is 6.19. The number of aromatic nitrogens is 1. The second-order valence-electron chi connectivity index (χ2n) is 4.00. The summed E-state index contributed by atoms with van der Waals surface area (Å²) in [6.45, 7) is 1.51. The van der Waals surface area contributed by atoms with E-state index in [1.807, 2.05) is 0 Å².